The van der Waals surface area contributed by atoms with Crippen molar-refractivity contribution >= 4 is 5.69 Å². The molecule has 0 aliphatic carbocycles. The molecule has 0 unspecified atom stereocenters. The molecule has 0 aliphatic rings. The number of aromatic amines is 1. The third-order valence-electron chi connectivity index (χ3n) is 4.10. The van der Waals surface area contributed by atoms with Crippen LogP contribution in [0.4, 0.5) is 5.69 Å². The minimum atomic E-state index is -0.479. The third-order valence-corrected chi connectivity index (χ3v) is 4.10. The number of aromatic nitrogens is 2. The molecule has 0 bridgehead atoms. The first-order valence-corrected chi connectivity index (χ1v) is 8.04. The first kappa shape index (κ1) is 17.5. The van der Waals surface area contributed by atoms with Crippen molar-refractivity contribution in [2.45, 2.75) is 20.5 Å². The molecule has 0 saturated heterocycles. The predicted molar refractivity (Wildman–Crippen MR) is 97.5 cm³/mol. The Hall–Kier alpha value is -3.35. The topological polar surface area (TPSA) is 90.3 Å². The van der Waals surface area contributed by atoms with Crippen LogP contribution in [0.2, 0.25) is 0 Å². The second kappa shape index (κ2) is 7.26. The molecule has 0 saturated carbocycles. The first-order chi connectivity index (χ1) is 12.5. The summed E-state index contributed by atoms with van der Waals surface area (Å²) in [7, 11) is 1.45. The lowest BCUT2D eigenvalue weighted by atomic mass is 10.1. The van der Waals surface area contributed by atoms with E-state index in [2.05, 4.69) is 9.97 Å². The molecule has 0 spiro atoms. The molecule has 3 aromatic rings. The highest BCUT2D eigenvalue weighted by Crippen LogP contribution is 2.41. The van der Waals surface area contributed by atoms with Gasteiger partial charge in [0.2, 0.25) is 5.75 Å². The van der Waals surface area contributed by atoms with Crippen LogP contribution in [-0.2, 0) is 6.61 Å². The summed E-state index contributed by atoms with van der Waals surface area (Å²) < 4.78 is 11.2. The number of hydrogen-bond acceptors (Lipinski definition) is 5. The lowest BCUT2D eigenvalue weighted by Crippen LogP contribution is -2.03. The van der Waals surface area contributed by atoms with Crippen LogP contribution in [0.1, 0.15) is 16.7 Å². The molecule has 0 aliphatic heterocycles. The molecule has 1 aromatic heterocycles. The van der Waals surface area contributed by atoms with Crippen LogP contribution in [0, 0.1) is 24.0 Å². The highest BCUT2D eigenvalue weighted by Gasteiger charge is 2.23. The number of methoxy groups -OCH3 is 1. The van der Waals surface area contributed by atoms with Crippen LogP contribution in [0.15, 0.2) is 42.7 Å². The summed E-state index contributed by atoms with van der Waals surface area (Å²) in [6.07, 6.45) is 3.23. The molecule has 0 amide bonds. The average Bonchev–Trinajstić information content (AvgIpc) is 3.16. The molecule has 0 radical (unpaired) electrons. The number of nitrogens with one attached hydrogen (secondary N) is 1. The van der Waals surface area contributed by atoms with Gasteiger partial charge in [-0.25, -0.2) is 4.98 Å². The second-order valence-electron chi connectivity index (χ2n) is 5.94. The normalized spacial score (nSPS) is 10.6. The zero-order chi connectivity index (χ0) is 18.7. The molecule has 3 rings (SSSR count). The highest BCUT2D eigenvalue weighted by atomic mass is 16.6. The fraction of sp³-hybridized carbons (Fsp3) is 0.211. The summed E-state index contributed by atoms with van der Waals surface area (Å²) in [5.41, 5.74) is 3.52. The Morgan fingerprint density at radius 3 is 2.69 bits per heavy atom. The van der Waals surface area contributed by atoms with Gasteiger partial charge < -0.3 is 14.5 Å². The molecule has 1 heterocycles. The second-order valence-corrected chi connectivity index (χ2v) is 5.94. The Bertz CT molecular complexity index is 936. The minimum Gasteiger partial charge on any atom is -0.493 e. The van der Waals surface area contributed by atoms with Gasteiger partial charge in [0.25, 0.3) is 0 Å². The van der Waals surface area contributed by atoms with Gasteiger partial charge in [-0.1, -0.05) is 23.8 Å². The molecule has 7 heteroatoms. The van der Waals surface area contributed by atoms with Crippen molar-refractivity contribution in [1.82, 2.24) is 9.97 Å². The molecule has 134 valence electrons. The van der Waals surface area contributed by atoms with E-state index in [1.165, 1.54) is 13.2 Å². The van der Waals surface area contributed by atoms with E-state index in [4.69, 9.17) is 9.47 Å². The van der Waals surface area contributed by atoms with E-state index >= 15 is 0 Å². The van der Waals surface area contributed by atoms with Crippen molar-refractivity contribution < 1.29 is 14.4 Å². The largest absolute Gasteiger partial charge is 0.493 e. The predicted octanol–water partition coefficient (Wildman–Crippen LogP) is 4.19. The van der Waals surface area contributed by atoms with Gasteiger partial charge in [-0.3, -0.25) is 10.1 Å². The maximum absolute atomic E-state index is 11.6. The van der Waals surface area contributed by atoms with Gasteiger partial charge in [-0.15, -0.1) is 0 Å². The number of nitrogens with zero attached hydrogens (tertiary/aromatic N) is 2. The van der Waals surface area contributed by atoms with Crippen LogP contribution in [0.3, 0.4) is 0 Å². The molecule has 7 nitrogen and oxygen atoms in total. The van der Waals surface area contributed by atoms with Crippen molar-refractivity contribution in [2.75, 3.05) is 7.11 Å². The molecule has 26 heavy (non-hydrogen) atoms. The smallest absolute Gasteiger partial charge is 0.315 e. The Labute approximate surface area is 150 Å². The van der Waals surface area contributed by atoms with Crippen LogP contribution >= 0.6 is 0 Å². The summed E-state index contributed by atoms with van der Waals surface area (Å²) in [5, 5.41) is 11.6. The summed E-state index contributed by atoms with van der Waals surface area (Å²) >= 11 is 0. The number of benzene rings is 2. The zero-order valence-electron chi connectivity index (χ0n) is 14.8. The van der Waals surface area contributed by atoms with E-state index in [1.54, 1.807) is 18.5 Å². The maximum Gasteiger partial charge on any atom is 0.315 e. The molecular weight excluding hydrogens is 334 g/mol. The van der Waals surface area contributed by atoms with Crippen LogP contribution < -0.4 is 9.47 Å². The number of nitro groups is 1. The number of rotatable bonds is 6. The maximum atomic E-state index is 11.6. The lowest BCUT2D eigenvalue weighted by molar-refractivity contribution is -0.386. The number of imidazole rings is 1. The average molecular weight is 353 g/mol. The highest BCUT2D eigenvalue weighted by molar-refractivity contribution is 5.69. The fourth-order valence-corrected chi connectivity index (χ4v) is 2.69. The Morgan fingerprint density at radius 2 is 2.04 bits per heavy atom. The number of ether oxygens (including phenoxy) is 2. The van der Waals surface area contributed by atoms with Gasteiger partial charge in [-0.2, -0.15) is 0 Å². The Balaban J connectivity index is 2.00. The Kier molecular flexibility index (Phi) is 4.88. The van der Waals surface area contributed by atoms with Gasteiger partial charge in [0, 0.05) is 24.0 Å². The van der Waals surface area contributed by atoms with Gasteiger partial charge in [0.05, 0.1) is 12.0 Å². The van der Waals surface area contributed by atoms with E-state index in [1.807, 2.05) is 32.0 Å². The quantitative estimate of drug-likeness (QED) is 0.530. The monoisotopic (exact) mass is 353 g/mol. The summed E-state index contributed by atoms with van der Waals surface area (Å²) in [5.74, 6) is 0.914. The van der Waals surface area contributed by atoms with Gasteiger partial charge in [-0.05, 0) is 31.0 Å². The molecule has 0 fully saturated rings. The van der Waals surface area contributed by atoms with Gasteiger partial charge in [0.1, 0.15) is 12.4 Å². The number of hydrogen-bond donors (Lipinski definition) is 1. The van der Waals surface area contributed by atoms with E-state index in [-0.39, 0.29) is 23.8 Å². The first-order valence-electron chi connectivity index (χ1n) is 8.04. The minimum absolute atomic E-state index is 0.105. The van der Waals surface area contributed by atoms with Gasteiger partial charge >= 0.3 is 5.69 Å². The van der Waals surface area contributed by atoms with Crippen molar-refractivity contribution in [1.29, 1.82) is 0 Å². The van der Waals surface area contributed by atoms with E-state index < -0.39 is 4.92 Å². The van der Waals surface area contributed by atoms with E-state index in [0.717, 1.165) is 16.7 Å². The summed E-state index contributed by atoms with van der Waals surface area (Å²) in [6.45, 7) is 4.18. The lowest BCUT2D eigenvalue weighted by Gasteiger charge is -2.14. The third kappa shape index (κ3) is 3.51. The fourth-order valence-electron chi connectivity index (χ4n) is 2.69. The number of aryl methyl sites for hydroxylation is 2. The van der Waals surface area contributed by atoms with E-state index in [9.17, 15) is 10.1 Å². The Morgan fingerprint density at radius 1 is 1.23 bits per heavy atom. The SMILES string of the molecule is COc1cc(-c2ncc[nH]2)cc([N+](=O)[O-])c1OCc1cc(C)ccc1C. The van der Waals surface area contributed by atoms with E-state index in [0.29, 0.717) is 11.4 Å². The molecular formula is C19H19N3O4. The van der Waals surface area contributed by atoms with Gasteiger partial charge in [0.15, 0.2) is 5.75 Å². The number of nitro benzene ring substituents is 1. The van der Waals surface area contributed by atoms with Crippen LogP contribution in [0.5, 0.6) is 11.5 Å². The van der Waals surface area contributed by atoms with Crippen LogP contribution in [-0.4, -0.2) is 22.0 Å². The van der Waals surface area contributed by atoms with Crippen LogP contribution in [0.25, 0.3) is 11.4 Å². The van der Waals surface area contributed by atoms with Crippen molar-refractivity contribution in [3.8, 4) is 22.9 Å². The number of H-pyrrole nitrogens is 1. The zero-order valence-corrected chi connectivity index (χ0v) is 14.8. The molecule has 0 atom stereocenters. The standard InChI is InChI=1S/C19H19N3O4/c1-12-4-5-13(2)15(8-12)11-26-18-16(22(23)24)9-14(10-17(18)25-3)19-20-6-7-21-19/h4-10H,11H2,1-3H3,(H,20,21). The van der Waals surface area contributed by atoms with Crippen molar-refractivity contribution in [3.05, 3.63) is 69.5 Å². The summed E-state index contributed by atoms with van der Waals surface area (Å²) in [4.78, 5) is 18.2. The molecule has 2 aromatic carbocycles. The molecule has 1 N–H and O–H groups in total. The van der Waals surface area contributed by atoms with Crippen molar-refractivity contribution in [3.63, 3.8) is 0 Å². The van der Waals surface area contributed by atoms with Crippen molar-refractivity contribution in [2.24, 2.45) is 0 Å². The summed E-state index contributed by atoms with van der Waals surface area (Å²) in [6, 6.07) is 9.12.